The van der Waals surface area contributed by atoms with Gasteiger partial charge < -0.3 is 19.1 Å². The molecule has 1 saturated heterocycles. The third kappa shape index (κ3) is 5.71. The van der Waals surface area contributed by atoms with Crippen LogP contribution in [0.4, 0.5) is 4.79 Å². The van der Waals surface area contributed by atoms with Gasteiger partial charge in [0.2, 0.25) is 0 Å². The van der Waals surface area contributed by atoms with Crippen molar-refractivity contribution in [2.45, 2.75) is 64.5 Å². The van der Waals surface area contributed by atoms with Crippen molar-refractivity contribution in [3.8, 4) is 11.8 Å². The van der Waals surface area contributed by atoms with Gasteiger partial charge in [-0.2, -0.15) is 0 Å². The number of carbonyl (C=O) groups is 1. The van der Waals surface area contributed by atoms with E-state index in [1.165, 1.54) is 0 Å². The van der Waals surface area contributed by atoms with E-state index in [4.69, 9.17) is 14.2 Å². The van der Waals surface area contributed by atoms with Gasteiger partial charge in [-0.25, -0.2) is 14.8 Å². The summed E-state index contributed by atoms with van der Waals surface area (Å²) in [4.78, 5) is 23.4. The number of methoxy groups -OCH3 is 1. The Labute approximate surface area is 172 Å². The minimum atomic E-state index is -0.479. The quantitative estimate of drug-likeness (QED) is 0.659. The highest BCUT2D eigenvalue weighted by molar-refractivity contribution is 5.75. The van der Waals surface area contributed by atoms with Gasteiger partial charge in [0.1, 0.15) is 5.60 Å². The number of likely N-dealkylation sites (tertiary alicyclic amines) is 1. The molecule has 0 radical (unpaired) electrons. The molecule has 1 amide bonds. The van der Waals surface area contributed by atoms with Crippen LogP contribution < -0.4 is 9.47 Å². The van der Waals surface area contributed by atoms with Crippen LogP contribution in [-0.4, -0.2) is 52.9 Å². The van der Waals surface area contributed by atoms with Gasteiger partial charge in [-0.3, -0.25) is 0 Å². The van der Waals surface area contributed by atoms with E-state index in [0.29, 0.717) is 18.4 Å². The number of aromatic nitrogens is 2. The second-order valence-corrected chi connectivity index (χ2v) is 8.34. The zero-order valence-corrected chi connectivity index (χ0v) is 17.8. The number of ether oxygens (including phenoxy) is 3. The molecule has 1 fully saturated rings. The number of amides is 1. The van der Waals surface area contributed by atoms with E-state index < -0.39 is 5.60 Å². The summed E-state index contributed by atoms with van der Waals surface area (Å²) in [6.07, 6.45) is 4.61. The van der Waals surface area contributed by atoms with Crippen LogP contribution in [0.5, 0.6) is 11.8 Å². The minimum Gasteiger partial charge on any atom is -0.477 e. The molecule has 7 heteroatoms. The Balaban J connectivity index is 1.56. The van der Waals surface area contributed by atoms with Gasteiger partial charge in [-0.05, 0) is 65.0 Å². The van der Waals surface area contributed by atoms with Crippen LogP contribution in [0.25, 0.3) is 11.0 Å². The van der Waals surface area contributed by atoms with E-state index in [0.717, 1.165) is 49.7 Å². The Bertz CT molecular complexity index is 834. The zero-order chi connectivity index (χ0) is 20.9. The topological polar surface area (TPSA) is 73.8 Å². The van der Waals surface area contributed by atoms with Crippen LogP contribution in [-0.2, 0) is 4.74 Å². The van der Waals surface area contributed by atoms with E-state index in [1.807, 2.05) is 49.9 Å². The van der Waals surface area contributed by atoms with Gasteiger partial charge in [0.05, 0.1) is 24.8 Å². The lowest BCUT2D eigenvalue weighted by atomic mass is 9.98. The van der Waals surface area contributed by atoms with Crippen LogP contribution in [0, 0.1) is 0 Å². The molecule has 7 nitrogen and oxygen atoms in total. The maximum Gasteiger partial charge on any atom is 0.410 e. The normalized spacial score (nSPS) is 17.2. The van der Waals surface area contributed by atoms with E-state index in [-0.39, 0.29) is 12.1 Å². The third-order valence-corrected chi connectivity index (χ3v) is 4.88. The average Bonchev–Trinajstić information content (AvgIpc) is 2.69. The highest BCUT2D eigenvalue weighted by Gasteiger charge is 2.30. The zero-order valence-electron chi connectivity index (χ0n) is 17.8. The first-order valence-corrected chi connectivity index (χ1v) is 10.3. The van der Waals surface area contributed by atoms with E-state index >= 15 is 0 Å². The predicted molar refractivity (Wildman–Crippen MR) is 111 cm³/mol. The molecule has 29 heavy (non-hydrogen) atoms. The standard InChI is InChI=1S/C22H31N3O4/c1-22(2,3)29-21(26)25-14-8-7-10-16(25)11-9-15-28-20-19(27-4)23-17-12-5-6-13-18(17)24-20/h5-6,12-13,16H,7-11,14-15H2,1-4H3. The molecule has 0 spiro atoms. The van der Waals surface area contributed by atoms with Crippen LogP contribution in [0.2, 0.25) is 0 Å². The number of hydrogen-bond donors (Lipinski definition) is 0. The van der Waals surface area contributed by atoms with Gasteiger partial charge in [0.25, 0.3) is 11.8 Å². The fourth-order valence-electron chi connectivity index (χ4n) is 3.54. The smallest absolute Gasteiger partial charge is 0.410 e. The second-order valence-electron chi connectivity index (χ2n) is 8.34. The number of piperidine rings is 1. The molecule has 0 bridgehead atoms. The molecular weight excluding hydrogens is 370 g/mol. The minimum absolute atomic E-state index is 0.187. The first kappa shape index (κ1) is 21.1. The number of para-hydroxylation sites is 2. The van der Waals surface area contributed by atoms with Gasteiger partial charge >= 0.3 is 6.09 Å². The maximum absolute atomic E-state index is 12.5. The summed E-state index contributed by atoms with van der Waals surface area (Å²) in [5.74, 6) is 0.788. The van der Waals surface area contributed by atoms with Crippen molar-refractivity contribution in [1.82, 2.24) is 14.9 Å². The number of rotatable bonds is 6. The molecule has 1 aromatic carbocycles. The summed E-state index contributed by atoms with van der Waals surface area (Å²) in [6.45, 7) is 6.94. The third-order valence-electron chi connectivity index (χ3n) is 4.88. The van der Waals surface area contributed by atoms with Crippen LogP contribution in [0.1, 0.15) is 52.9 Å². The summed E-state index contributed by atoms with van der Waals surface area (Å²) >= 11 is 0. The molecule has 0 saturated carbocycles. The summed E-state index contributed by atoms with van der Waals surface area (Å²) in [5, 5.41) is 0. The number of carbonyl (C=O) groups excluding carboxylic acids is 1. The fraction of sp³-hybridized carbons (Fsp3) is 0.591. The van der Waals surface area contributed by atoms with Crippen molar-refractivity contribution in [3.63, 3.8) is 0 Å². The Hall–Kier alpha value is -2.57. The first-order valence-electron chi connectivity index (χ1n) is 10.3. The van der Waals surface area contributed by atoms with E-state index in [2.05, 4.69) is 9.97 Å². The largest absolute Gasteiger partial charge is 0.477 e. The lowest BCUT2D eigenvalue weighted by molar-refractivity contribution is 0.00821. The molecular formula is C22H31N3O4. The molecule has 0 N–H and O–H groups in total. The summed E-state index contributed by atoms with van der Waals surface area (Å²) < 4.78 is 16.8. The summed E-state index contributed by atoms with van der Waals surface area (Å²) in [7, 11) is 1.56. The van der Waals surface area contributed by atoms with Crippen molar-refractivity contribution in [1.29, 1.82) is 0 Å². The molecule has 0 aliphatic carbocycles. The second kappa shape index (κ2) is 9.29. The van der Waals surface area contributed by atoms with Crippen LogP contribution in [0.15, 0.2) is 24.3 Å². The fourth-order valence-corrected chi connectivity index (χ4v) is 3.54. The Kier molecular flexibility index (Phi) is 6.77. The molecule has 158 valence electrons. The number of fused-ring (bicyclic) bond motifs is 1. The molecule has 2 aromatic rings. The monoisotopic (exact) mass is 401 g/mol. The average molecular weight is 402 g/mol. The van der Waals surface area contributed by atoms with Crippen LogP contribution in [0.3, 0.4) is 0 Å². The molecule has 1 aliphatic heterocycles. The number of nitrogens with zero attached hydrogens (tertiary/aromatic N) is 3. The van der Waals surface area contributed by atoms with Crippen LogP contribution >= 0.6 is 0 Å². The van der Waals surface area contributed by atoms with Crippen molar-refractivity contribution in [3.05, 3.63) is 24.3 Å². The lowest BCUT2D eigenvalue weighted by Gasteiger charge is -2.36. The summed E-state index contributed by atoms with van der Waals surface area (Å²) in [5.41, 5.74) is 1.06. The highest BCUT2D eigenvalue weighted by Crippen LogP contribution is 2.26. The number of hydrogen-bond acceptors (Lipinski definition) is 6. The summed E-state index contributed by atoms with van der Waals surface area (Å²) in [6, 6.07) is 7.81. The highest BCUT2D eigenvalue weighted by atomic mass is 16.6. The van der Waals surface area contributed by atoms with Crippen molar-refractivity contribution >= 4 is 17.1 Å². The van der Waals surface area contributed by atoms with Gasteiger partial charge in [-0.1, -0.05) is 12.1 Å². The molecule has 1 atom stereocenters. The Morgan fingerprint density at radius 2 is 1.83 bits per heavy atom. The maximum atomic E-state index is 12.5. The molecule has 3 rings (SSSR count). The van der Waals surface area contributed by atoms with E-state index in [9.17, 15) is 4.79 Å². The van der Waals surface area contributed by atoms with E-state index in [1.54, 1.807) is 7.11 Å². The van der Waals surface area contributed by atoms with Crippen molar-refractivity contribution in [2.75, 3.05) is 20.3 Å². The van der Waals surface area contributed by atoms with Gasteiger partial charge in [0.15, 0.2) is 0 Å². The first-order chi connectivity index (χ1) is 13.9. The Morgan fingerprint density at radius 3 is 2.48 bits per heavy atom. The SMILES string of the molecule is COc1nc2ccccc2nc1OCCCC1CCCCN1C(=O)OC(C)(C)C. The molecule has 1 unspecified atom stereocenters. The van der Waals surface area contributed by atoms with Gasteiger partial charge in [-0.15, -0.1) is 0 Å². The van der Waals surface area contributed by atoms with Crippen molar-refractivity contribution in [2.24, 2.45) is 0 Å². The molecule has 1 aromatic heterocycles. The molecule has 1 aliphatic rings. The Morgan fingerprint density at radius 1 is 1.14 bits per heavy atom. The van der Waals surface area contributed by atoms with Crippen molar-refractivity contribution < 1.29 is 19.0 Å². The lowest BCUT2D eigenvalue weighted by Crippen LogP contribution is -2.46. The molecule has 2 heterocycles. The van der Waals surface area contributed by atoms with Gasteiger partial charge in [0, 0.05) is 12.6 Å². The predicted octanol–water partition coefficient (Wildman–Crippen LogP) is 4.59. The number of benzene rings is 1.